The Balaban J connectivity index is 2.18. The van der Waals surface area contributed by atoms with E-state index in [4.69, 9.17) is 4.52 Å². The van der Waals surface area contributed by atoms with Crippen LogP contribution in [0.5, 0.6) is 0 Å². The van der Waals surface area contributed by atoms with Gasteiger partial charge in [-0.25, -0.2) is 0 Å². The van der Waals surface area contributed by atoms with Crippen molar-refractivity contribution in [2.24, 2.45) is 0 Å². The van der Waals surface area contributed by atoms with E-state index < -0.39 is 23.3 Å². The molecular weight excluding hydrogens is 379 g/mol. The van der Waals surface area contributed by atoms with Crippen molar-refractivity contribution < 1.29 is 18.2 Å². The number of fused-ring (bicyclic) bond motifs is 3. The predicted octanol–water partition coefficient (Wildman–Crippen LogP) is 5.42. The average molecular weight is 406 g/mol. The highest BCUT2D eigenvalue weighted by molar-refractivity contribution is 7.86. The van der Waals surface area contributed by atoms with E-state index in [-0.39, 0.29) is 6.16 Å². The van der Waals surface area contributed by atoms with E-state index in [2.05, 4.69) is 0 Å². The molecule has 2 unspecified atom stereocenters. The van der Waals surface area contributed by atoms with Gasteiger partial charge in [-0.1, -0.05) is 75.2 Å². The second-order valence-corrected chi connectivity index (χ2v) is 10.5. The van der Waals surface area contributed by atoms with E-state index in [0.717, 1.165) is 41.5 Å². The van der Waals surface area contributed by atoms with Crippen LogP contribution in [0.25, 0.3) is 11.1 Å². The van der Waals surface area contributed by atoms with Crippen LogP contribution in [-0.4, -0.2) is 21.0 Å². The van der Waals surface area contributed by atoms with Crippen LogP contribution in [0.1, 0.15) is 50.7 Å². The fourth-order valence-electron chi connectivity index (χ4n) is 3.56. The predicted molar refractivity (Wildman–Crippen MR) is 111 cm³/mol. The van der Waals surface area contributed by atoms with Crippen LogP contribution in [0, 0.1) is 0 Å². The first-order valence-electron chi connectivity index (χ1n) is 9.56. The van der Waals surface area contributed by atoms with Gasteiger partial charge in [0.2, 0.25) is 4.93 Å². The summed E-state index contributed by atoms with van der Waals surface area (Å²) in [5.41, 5.74) is 3.31. The molecule has 0 heterocycles. The molecule has 0 aliphatic heterocycles. The Morgan fingerprint density at radius 1 is 0.963 bits per heavy atom. The van der Waals surface area contributed by atoms with Crippen LogP contribution in [0.2, 0.25) is 0 Å². The number of hydrogen-bond acceptors (Lipinski definition) is 3. The van der Waals surface area contributed by atoms with Crippen LogP contribution >= 0.6 is 7.60 Å². The van der Waals surface area contributed by atoms with Crippen molar-refractivity contribution in [1.29, 1.82) is 0 Å². The van der Waals surface area contributed by atoms with Gasteiger partial charge in [0.25, 0.3) is 0 Å². The quantitative estimate of drug-likeness (QED) is 0.565. The molecule has 146 valence electrons. The van der Waals surface area contributed by atoms with Crippen LogP contribution < -0.4 is 0 Å². The zero-order valence-corrected chi connectivity index (χ0v) is 17.6. The maximum absolute atomic E-state index is 13.6. The van der Waals surface area contributed by atoms with Crippen molar-refractivity contribution in [2.75, 3.05) is 11.9 Å². The average Bonchev–Trinajstić information content (AvgIpc) is 2.95. The molecule has 0 fully saturated rings. The molecule has 6 heteroatoms. The molecule has 3 rings (SSSR count). The van der Waals surface area contributed by atoms with Crippen molar-refractivity contribution in [3.8, 4) is 11.1 Å². The number of hydrogen-bond donors (Lipinski definition) is 1. The molecule has 0 aromatic heterocycles. The fraction of sp³-hybridized carbons (Fsp3) is 0.429. The third-order valence-corrected chi connectivity index (χ3v) is 8.31. The summed E-state index contributed by atoms with van der Waals surface area (Å²) in [5, 5.41) is 0. The zero-order chi connectivity index (χ0) is 19.5. The minimum Gasteiger partial charge on any atom is -0.324 e. The molecule has 1 aliphatic carbocycles. The minimum absolute atomic E-state index is 0.0700. The Labute approximate surface area is 164 Å². The van der Waals surface area contributed by atoms with Gasteiger partial charge >= 0.3 is 7.60 Å². The Kier molecular flexibility index (Phi) is 6.37. The monoisotopic (exact) mass is 406 g/mol. The second kappa shape index (κ2) is 8.40. The molecule has 0 amide bonds. The summed E-state index contributed by atoms with van der Waals surface area (Å²) in [6, 6.07) is 15.3. The van der Waals surface area contributed by atoms with Crippen LogP contribution in [-0.2, 0) is 24.8 Å². The Morgan fingerprint density at radius 3 is 2.00 bits per heavy atom. The van der Waals surface area contributed by atoms with Gasteiger partial charge < -0.3 is 4.89 Å². The highest BCUT2D eigenvalue weighted by Crippen LogP contribution is 2.59. The smallest absolute Gasteiger partial charge is 0.324 e. The van der Waals surface area contributed by atoms with Gasteiger partial charge in [0.1, 0.15) is 0 Å². The standard InChI is InChI=1S/C21H27O4PS/c1-3-5-15-26(22,23)25-21(27(24)16-6-4-2)19-13-9-7-11-17(19)18-12-8-10-14-20(18)21/h7-14H,3-6,15-16H2,1-2H3,(H,22,23). The molecule has 2 atom stereocenters. The minimum atomic E-state index is -3.91. The summed E-state index contributed by atoms with van der Waals surface area (Å²) in [6.07, 6.45) is 3.13. The largest absolute Gasteiger partial charge is 0.330 e. The first-order chi connectivity index (χ1) is 13.0. The molecule has 1 aliphatic rings. The Bertz CT molecular complexity index is 834. The third kappa shape index (κ3) is 3.84. The van der Waals surface area contributed by atoms with Gasteiger partial charge in [0.15, 0.2) is 0 Å². The van der Waals surface area contributed by atoms with Gasteiger partial charge in [-0.05, 0) is 24.0 Å². The van der Waals surface area contributed by atoms with Crippen LogP contribution in [0.4, 0.5) is 0 Å². The lowest BCUT2D eigenvalue weighted by atomic mass is 10.1. The van der Waals surface area contributed by atoms with Gasteiger partial charge in [-0.3, -0.25) is 13.3 Å². The zero-order valence-electron chi connectivity index (χ0n) is 15.9. The molecule has 0 radical (unpaired) electrons. The molecule has 0 saturated carbocycles. The second-order valence-electron chi connectivity index (χ2n) is 6.92. The fourth-order valence-corrected chi connectivity index (χ4v) is 7.34. The lowest BCUT2D eigenvalue weighted by Crippen LogP contribution is -2.35. The molecule has 2 aromatic rings. The van der Waals surface area contributed by atoms with E-state index in [9.17, 15) is 13.7 Å². The van der Waals surface area contributed by atoms with Crippen molar-refractivity contribution in [3.05, 3.63) is 59.7 Å². The van der Waals surface area contributed by atoms with Crippen LogP contribution in [0.15, 0.2) is 48.5 Å². The van der Waals surface area contributed by atoms with E-state index in [1.54, 1.807) is 0 Å². The third-order valence-electron chi connectivity index (χ3n) is 4.92. The van der Waals surface area contributed by atoms with Crippen molar-refractivity contribution >= 4 is 18.4 Å². The van der Waals surface area contributed by atoms with E-state index >= 15 is 0 Å². The van der Waals surface area contributed by atoms with Gasteiger partial charge in [0, 0.05) is 16.9 Å². The highest BCUT2D eigenvalue weighted by atomic mass is 32.2. The van der Waals surface area contributed by atoms with E-state index in [1.165, 1.54) is 0 Å². The van der Waals surface area contributed by atoms with Gasteiger partial charge in [0.05, 0.1) is 17.0 Å². The van der Waals surface area contributed by atoms with E-state index in [0.29, 0.717) is 12.2 Å². The SMILES string of the molecule is CCCCS(=O)C1(OP(=O)(O)CCCC)c2ccccc2-c2ccccc21. The number of benzene rings is 2. The van der Waals surface area contributed by atoms with Crippen LogP contribution in [0.3, 0.4) is 0 Å². The summed E-state index contributed by atoms with van der Waals surface area (Å²) in [4.78, 5) is 9.21. The number of unbranched alkanes of at least 4 members (excludes halogenated alkanes) is 2. The summed E-state index contributed by atoms with van der Waals surface area (Å²) in [5.74, 6) is 0.424. The highest BCUT2D eigenvalue weighted by Gasteiger charge is 2.52. The molecule has 27 heavy (non-hydrogen) atoms. The first-order valence-corrected chi connectivity index (χ1v) is 12.6. The molecule has 0 spiro atoms. The summed E-state index contributed by atoms with van der Waals surface area (Å²) >= 11 is 0. The normalized spacial score (nSPS) is 17.7. The Morgan fingerprint density at radius 2 is 1.48 bits per heavy atom. The summed E-state index contributed by atoms with van der Waals surface area (Å²) < 4.78 is 32.5. The van der Waals surface area contributed by atoms with E-state index in [1.807, 2.05) is 62.4 Å². The first kappa shape index (κ1) is 20.5. The maximum Gasteiger partial charge on any atom is 0.330 e. The van der Waals surface area contributed by atoms with Crippen molar-refractivity contribution in [3.63, 3.8) is 0 Å². The molecule has 0 saturated heterocycles. The van der Waals surface area contributed by atoms with Crippen molar-refractivity contribution in [2.45, 2.75) is 44.5 Å². The maximum atomic E-state index is 13.6. The van der Waals surface area contributed by atoms with Gasteiger partial charge in [-0.15, -0.1) is 0 Å². The molecular formula is C21H27O4PS. The lowest BCUT2D eigenvalue weighted by Gasteiger charge is -2.33. The van der Waals surface area contributed by atoms with Gasteiger partial charge in [-0.2, -0.15) is 0 Å². The summed E-state index contributed by atoms with van der Waals surface area (Å²) in [6.45, 7) is 4.01. The Hall–Kier alpha value is -1.26. The molecule has 0 bridgehead atoms. The van der Waals surface area contributed by atoms with Crippen molar-refractivity contribution in [1.82, 2.24) is 0 Å². The topological polar surface area (TPSA) is 63.6 Å². The number of rotatable bonds is 9. The molecule has 4 nitrogen and oxygen atoms in total. The lowest BCUT2D eigenvalue weighted by molar-refractivity contribution is 0.176. The molecule has 2 aromatic carbocycles. The molecule has 1 N–H and O–H groups in total. The summed E-state index contributed by atoms with van der Waals surface area (Å²) in [7, 11) is -5.40.